The highest BCUT2D eigenvalue weighted by Gasteiger charge is 2.27. The molecule has 2 aliphatic heterocycles. The number of hydrogen-bond acceptors (Lipinski definition) is 8. The molecule has 9 heteroatoms. The number of piperidine rings is 1. The minimum absolute atomic E-state index is 0.00227. The van der Waals surface area contributed by atoms with Gasteiger partial charge in [0, 0.05) is 42.2 Å². The number of nitrogen functional groups attached to an aromatic ring is 1. The summed E-state index contributed by atoms with van der Waals surface area (Å²) >= 11 is 0. The van der Waals surface area contributed by atoms with Crippen molar-refractivity contribution in [1.29, 1.82) is 5.26 Å². The quantitative estimate of drug-likeness (QED) is 0.421. The fourth-order valence-corrected chi connectivity index (χ4v) is 4.53. The van der Waals surface area contributed by atoms with E-state index in [2.05, 4.69) is 16.3 Å². The predicted octanol–water partition coefficient (Wildman–Crippen LogP) is 4.71. The standard InChI is InChI=1S/C29H34N7O2/c1-4-38-29(37)24-15-23(20-8-9-25(33-17-20)36-12-10-19(16-30)11-13-36)26(27(32)18(2)3)28(35-24)34-22-7-5-6-21(31)14-22/h5-9,14-15,17-19,24H,4,10-13,31H2,1-3H3,(H2-,32,34,35)/q-1. The van der Waals surface area contributed by atoms with Crippen LogP contribution in [0.15, 0.2) is 64.9 Å². The highest BCUT2D eigenvalue weighted by atomic mass is 16.5. The Morgan fingerprint density at radius 3 is 2.66 bits per heavy atom. The van der Waals surface area contributed by atoms with Crippen LogP contribution in [-0.2, 0) is 9.53 Å². The summed E-state index contributed by atoms with van der Waals surface area (Å²) in [4.78, 5) is 24.5. The van der Waals surface area contributed by atoms with Crippen molar-refractivity contribution in [3.8, 4) is 6.07 Å². The molecule has 0 spiro atoms. The first-order chi connectivity index (χ1) is 18.3. The zero-order valence-electron chi connectivity index (χ0n) is 22.1. The van der Waals surface area contributed by atoms with E-state index in [4.69, 9.17) is 26.2 Å². The van der Waals surface area contributed by atoms with Gasteiger partial charge >= 0.3 is 5.97 Å². The van der Waals surface area contributed by atoms with Crippen molar-refractivity contribution in [3.05, 3.63) is 70.8 Å². The first-order valence-electron chi connectivity index (χ1n) is 13.0. The maximum absolute atomic E-state index is 12.8. The van der Waals surface area contributed by atoms with Gasteiger partial charge in [0.1, 0.15) is 5.82 Å². The predicted molar refractivity (Wildman–Crippen MR) is 151 cm³/mol. The second kappa shape index (κ2) is 11.8. The fraction of sp³-hybridized carbons (Fsp3) is 0.379. The largest absolute Gasteiger partial charge is 0.466 e. The molecule has 1 unspecified atom stereocenters. The zero-order valence-corrected chi connectivity index (χ0v) is 22.1. The Labute approximate surface area is 223 Å². The van der Waals surface area contributed by atoms with Crippen molar-refractivity contribution in [2.24, 2.45) is 22.6 Å². The van der Waals surface area contributed by atoms with Crippen LogP contribution in [0.25, 0.3) is 10.9 Å². The lowest BCUT2D eigenvalue weighted by Crippen LogP contribution is -2.33. The van der Waals surface area contributed by atoms with E-state index in [1.54, 1.807) is 31.3 Å². The number of ether oxygens (including phenoxy) is 1. The van der Waals surface area contributed by atoms with Gasteiger partial charge in [0.25, 0.3) is 0 Å². The zero-order chi connectivity index (χ0) is 27.2. The molecule has 2 aromatic rings. The lowest BCUT2D eigenvalue weighted by Gasteiger charge is -2.35. The maximum Gasteiger partial charge on any atom is 0.312 e. The van der Waals surface area contributed by atoms with Crippen LogP contribution in [0, 0.1) is 23.2 Å². The summed E-state index contributed by atoms with van der Waals surface area (Å²) in [6, 6.07) is 12.6. The first-order valence-corrected chi connectivity index (χ1v) is 13.0. The van der Waals surface area contributed by atoms with Gasteiger partial charge < -0.3 is 31.4 Å². The van der Waals surface area contributed by atoms with Crippen molar-refractivity contribution in [1.82, 2.24) is 4.98 Å². The number of hydrogen-bond donors (Lipinski definition) is 2. The van der Waals surface area contributed by atoms with Crippen LogP contribution < -0.4 is 16.4 Å². The molecule has 38 heavy (non-hydrogen) atoms. The number of aromatic nitrogens is 1. The number of carbonyl (C=O) groups excluding carboxylic acids is 1. The van der Waals surface area contributed by atoms with Gasteiger partial charge in [-0.3, -0.25) is 4.79 Å². The second-order valence-electron chi connectivity index (χ2n) is 9.72. The Morgan fingerprint density at radius 2 is 2.05 bits per heavy atom. The van der Waals surface area contributed by atoms with Crippen molar-refractivity contribution in [2.75, 3.05) is 30.3 Å². The number of nitriles is 1. The average molecular weight is 513 g/mol. The van der Waals surface area contributed by atoms with Crippen LogP contribution in [0.5, 0.6) is 0 Å². The highest BCUT2D eigenvalue weighted by molar-refractivity contribution is 6.24. The van der Waals surface area contributed by atoms with Gasteiger partial charge in [-0.05, 0) is 66.8 Å². The van der Waals surface area contributed by atoms with Crippen LogP contribution in [-0.4, -0.2) is 42.5 Å². The Balaban J connectivity index is 1.77. The molecule has 4 N–H and O–H groups in total. The molecule has 1 fully saturated rings. The number of nitrogens with two attached hydrogens (primary N) is 2. The number of amidine groups is 1. The average Bonchev–Trinajstić information content (AvgIpc) is 2.92. The summed E-state index contributed by atoms with van der Waals surface area (Å²) in [6.45, 7) is 7.59. The fourth-order valence-electron chi connectivity index (χ4n) is 4.53. The van der Waals surface area contributed by atoms with Gasteiger partial charge in [-0.15, -0.1) is 0 Å². The molecule has 4 rings (SSSR count). The third-order valence-electron chi connectivity index (χ3n) is 6.68. The second-order valence-corrected chi connectivity index (χ2v) is 9.72. The van der Waals surface area contributed by atoms with Gasteiger partial charge in [0.15, 0.2) is 0 Å². The third-order valence-corrected chi connectivity index (χ3v) is 6.68. The van der Waals surface area contributed by atoms with E-state index in [1.807, 2.05) is 38.1 Å². The Kier molecular flexibility index (Phi) is 8.31. The molecule has 1 aromatic heterocycles. The number of esters is 1. The summed E-state index contributed by atoms with van der Waals surface area (Å²) in [5, 5.41) is 13.9. The molecule has 0 amide bonds. The van der Waals surface area contributed by atoms with Crippen LogP contribution in [0.3, 0.4) is 0 Å². The minimum atomic E-state index is -0.877. The first kappa shape index (κ1) is 26.7. The molecule has 2 aliphatic rings. The summed E-state index contributed by atoms with van der Waals surface area (Å²) in [7, 11) is 0. The number of rotatable bonds is 6. The molecule has 0 bridgehead atoms. The van der Waals surface area contributed by atoms with E-state index < -0.39 is 12.0 Å². The number of benzene rings is 1. The minimum Gasteiger partial charge on any atom is -0.466 e. The van der Waals surface area contributed by atoms with Gasteiger partial charge in [0.2, 0.25) is 0 Å². The van der Waals surface area contributed by atoms with Gasteiger partial charge in [-0.25, -0.2) is 4.98 Å². The van der Waals surface area contributed by atoms with Crippen LogP contribution in [0.4, 0.5) is 17.2 Å². The Hall–Kier alpha value is -4.32. The topological polar surface area (TPSA) is 145 Å². The smallest absolute Gasteiger partial charge is 0.312 e. The van der Waals surface area contributed by atoms with E-state index >= 15 is 0 Å². The van der Waals surface area contributed by atoms with Gasteiger partial charge in [-0.1, -0.05) is 37.9 Å². The van der Waals surface area contributed by atoms with Crippen LogP contribution >= 0.6 is 0 Å². The van der Waals surface area contributed by atoms with Crippen molar-refractivity contribution in [2.45, 2.75) is 39.7 Å². The normalized spacial score (nSPS) is 20.5. The van der Waals surface area contributed by atoms with Crippen molar-refractivity contribution in [3.63, 3.8) is 0 Å². The summed E-state index contributed by atoms with van der Waals surface area (Å²) in [6.07, 6.45) is 5.22. The van der Waals surface area contributed by atoms with Crippen molar-refractivity contribution >= 4 is 34.6 Å². The summed E-state index contributed by atoms with van der Waals surface area (Å²) < 4.78 is 5.30. The highest BCUT2D eigenvalue weighted by Crippen LogP contribution is 2.37. The molecule has 1 atom stereocenters. The molecule has 0 aliphatic carbocycles. The van der Waals surface area contributed by atoms with Gasteiger partial charge in [-0.2, -0.15) is 5.26 Å². The van der Waals surface area contributed by atoms with Gasteiger partial charge in [0.05, 0.1) is 18.7 Å². The van der Waals surface area contributed by atoms with E-state index in [0.29, 0.717) is 28.5 Å². The molecule has 0 radical (unpaired) electrons. The maximum atomic E-state index is 12.8. The monoisotopic (exact) mass is 512 g/mol. The molecular formula is C29H34N7O2-. The summed E-state index contributed by atoms with van der Waals surface area (Å²) in [5.74, 6) is 0.842. The van der Waals surface area contributed by atoms with Crippen molar-refractivity contribution < 1.29 is 9.53 Å². The number of anilines is 2. The number of nitrogens with zero attached hydrogens (tertiary/aromatic N) is 5. The molecule has 198 valence electrons. The Bertz CT molecular complexity index is 1300. The number of aliphatic imine (C=N–C) groups is 1. The van der Waals surface area contributed by atoms with E-state index in [1.165, 1.54) is 0 Å². The van der Waals surface area contributed by atoms with E-state index in [-0.39, 0.29) is 18.4 Å². The number of carbonyl (C=O) groups is 1. The third kappa shape index (κ3) is 5.97. The van der Waals surface area contributed by atoms with E-state index in [9.17, 15) is 10.1 Å². The number of allylic oxidation sites excluding steroid dienone is 1. The summed E-state index contributed by atoms with van der Waals surface area (Å²) in [5.41, 5.74) is 16.6. The SMILES string of the molecule is CCOC(=O)C1C=C(c2ccc(N3CCC(C#N)CC3)nc2)/C(=C(/N)C(C)C)C(=Nc2cccc(N)c2)[N-]1. The lowest BCUT2D eigenvalue weighted by molar-refractivity contribution is -0.142. The van der Waals surface area contributed by atoms with Crippen LogP contribution in [0.2, 0.25) is 0 Å². The molecule has 9 nitrogen and oxygen atoms in total. The lowest BCUT2D eigenvalue weighted by atomic mass is 9.88. The molecule has 3 heterocycles. The molecular weight excluding hydrogens is 478 g/mol. The Morgan fingerprint density at radius 1 is 1.29 bits per heavy atom. The van der Waals surface area contributed by atoms with Crippen LogP contribution in [0.1, 0.15) is 39.2 Å². The number of pyridine rings is 1. The molecule has 0 saturated carbocycles. The molecule has 1 aromatic carbocycles. The molecule has 1 saturated heterocycles. The van der Waals surface area contributed by atoms with E-state index in [0.717, 1.165) is 42.9 Å².